The lowest BCUT2D eigenvalue weighted by Gasteiger charge is -2.26. The number of Topliss-reactive ketones (excluding diaryl/α,β-unsaturated/α-hetero) is 1. The summed E-state index contributed by atoms with van der Waals surface area (Å²) >= 11 is 1.47. The van der Waals surface area contributed by atoms with Gasteiger partial charge in [0, 0.05) is 5.56 Å². The molecule has 3 aromatic carbocycles. The van der Waals surface area contributed by atoms with E-state index in [2.05, 4.69) is 56.1 Å². The predicted molar refractivity (Wildman–Crippen MR) is 142 cm³/mol. The summed E-state index contributed by atoms with van der Waals surface area (Å²) in [6.07, 6.45) is 3.79. The molecule has 6 heteroatoms. The molecule has 1 saturated heterocycles. The predicted octanol–water partition coefficient (Wildman–Crippen LogP) is 5.95. The highest BCUT2D eigenvalue weighted by molar-refractivity contribution is 7.99. The van der Waals surface area contributed by atoms with E-state index in [1.54, 1.807) is 0 Å². The molecule has 5 rings (SSSR count). The van der Waals surface area contributed by atoms with Crippen LogP contribution in [0.1, 0.15) is 41.0 Å². The zero-order valence-corrected chi connectivity index (χ0v) is 20.7. The van der Waals surface area contributed by atoms with E-state index in [9.17, 15) is 4.79 Å². The van der Waals surface area contributed by atoms with Gasteiger partial charge in [-0.05, 0) is 42.6 Å². The molecule has 0 spiro atoms. The fourth-order valence-electron chi connectivity index (χ4n) is 4.48. The van der Waals surface area contributed by atoms with Crippen LogP contribution in [0.3, 0.4) is 0 Å². The lowest BCUT2D eigenvalue weighted by atomic mass is 10.0. The number of likely N-dealkylation sites (tertiary alicyclic amines) is 1. The minimum Gasteiger partial charge on any atom is -0.300 e. The van der Waals surface area contributed by atoms with Crippen LogP contribution >= 0.6 is 11.8 Å². The summed E-state index contributed by atoms with van der Waals surface area (Å²) in [6, 6.07) is 28.5. The molecule has 0 bridgehead atoms. The van der Waals surface area contributed by atoms with Crippen molar-refractivity contribution in [3.05, 3.63) is 102 Å². The number of carbonyl (C=O) groups excluding carboxylic acids is 1. The highest BCUT2D eigenvalue weighted by atomic mass is 32.2. The van der Waals surface area contributed by atoms with Crippen molar-refractivity contribution >= 4 is 17.5 Å². The first kappa shape index (κ1) is 23.5. The average Bonchev–Trinajstić information content (AvgIpc) is 3.29. The van der Waals surface area contributed by atoms with Gasteiger partial charge in [-0.2, -0.15) is 0 Å². The van der Waals surface area contributed by atoms with E-state index in [1.165, 1.54) is 36.6 Å². The van der Waals surface area contributed by atoms with Gasteiger partial charge >= 0.3 is 0 Å². The Kier molecular flexibility index (Phi) is 7.71. The van der Waals surface area contributed by atoms with Crippen molar-refractivity contribution in [3.63, 3.8) is 0 Å². The number of ketones is 1. The standard InChI is InChI=1S/C29H30N4OS/c34-27(26-16-14-25(15-17-26)24-12-6-2-7-13-24)22-35-29-31-30-28(21-32-18-8-3-9-19-32)33(29)20-23-10-4-1-5-11-23/h1-2,4-7,10-17H,3,8-9,18-22H2. The van der Waals surface area contributed by atoms with Gasteiger partial charge in [-0.15, -0.1) is 10.2 Å². The molecule has 0 unspecified atom stereocenters. The topological polar surface area (TPSA) is 51.0 Å². The number of aromatic nitrogens is 3. The van der Waals surface area contributed by atoms with E-state index in [0.717, 1.165) is 47.3 Å². The minimum atomic E-state index is 0.0986. The third-order valence-electron chi connectivity index (χ3n) is 6.44. The number of thioether (sulfide) groups is 1. The Morgan fingerprint density at radius 2 is 1.40 bits per heavy atom. The maximum absolute atomic E-state index is 13.0. The zero-order chi connectivity index (χ0) is 23.9. The smallest absolute Gasteiger partial charge is 0.192 e. The zero-order valence-electron chi connectivity index (χ0n) is 19.8. The van der Waals surface area contributed by atoms with Crippen molar-refractivity contribution in [1.29, 1.82) is 0 Å². The number of nitrogens with zero attached hydrogens (tertiary/aromatic N) is 4. The van der Waals surface area contributed by atoms with Crippen molar-refractivity contribution in [1.82, 2.24) is 19.7 Å². The molecular formula is C29H30N4OS. The third-order valence-corrected chi connectivity index (χ3v) is 7.40. The van der Waals surface area contributed by atoms with Gasteiger partial charge in [0.2, 0.25) is 0 Å². The third kappa shape index (κ3) is 6.08. The van der Waals surface area contributed by atoms with Crippen LogP contribution in [-0.4, -0.2) is 44.3 Å². The highest BCUT2D eigenvalue weighted by Crippen LogP contribution is 2.23. The van der Waals surface area contributed by atoms with Gasteiger partial charge in [-0.1, -0.05) is 103 Å². The summed E-state index contributed by atoms with van der Waals surface area (Å²) in [5.74, 6) is 1.40. The lowest BCUT2D eigenvalue weighted by Crippen LogP contribution is -2.30. The number of hydrogen-bond donors (Lipinski definition) is 0. The van der Waals surface area contributed by atoms with Crippen LogP contribution < -0.4 is 0 Å². The second-order valence-corrected chi connectivity index (χ2v) is 9.91. The summed E-state index contributed by atoms with van der Waals surface area (Å²) in [4.78, 5) is 15.4. The molecule has 1 aliphatic rings. The fourth-order valence-corrected chi connectivity index (χ4v) is 5.33. The van der Waals surface area contributed by atoms with Crippen LogP contribution in [0.2, 0.25) is 0 Å². The number of benzene rings is 3. The van der Waals surface area contributed by atoms with Crippen molar-refractivity contribution < 1.29 is 4.79 Å². The molecule has 0 saturated carbocycles. The fraction of sp³-hybridized carbons (Fsp3) is 0.276. The van der Waals surface area contributed by atoms with E-state index in [0.29, 0.717) is 12.3 Å². The molecule has 2 heterocycles. The maximum atomic E-state index is 13.0. The van der Waals surface area contributed by atoms with Gasteiger partial charge in [-0.25, -0.2) is 0 Å². The molecule has 4 aromatic rings. The van der Waals surface area contributed by atoms with Crippen molar-refractivity contribution in [2.24, 2.45) is 0 Å². The Hall–Kier alpha value is -3.22. The van der Waals surface area contributed by atoms with E-state index in [-0.39, 0.29) is 5.78 Å². The van der Waals surface area contributed by atoms with Crippen molar-refractivity contribution in [2.75, 3.05) is 18.8 Å². The van der Waals surface area contributed by atoms with Gasteiger partial charge in [0.05, 0.1) is 18.8 Å². The maximum Gasteiger partial charge on any atom is 0.192 e. The number of piperidine rings is 1. The molecule has 1 aliphatic heterocycles. The molecule has 0 amide bonds. The molecule has 5 nitrogen and oxygen atoms in total. The first-order valence-electron chi connectivity index (χ1n) is 12.3. The summed E-state index contributed by atoms with van der Waals surface area (Å²) in [6.45, 7) is 3.73. The Morgan fingerprint density at radius 1 is 0.743 bits per heavy atom. The quantitative estimate of drug-likeness (QED) is 0.218. The number of rotatable bonds is 9. The Balaban J connectivity index is 1.29. The Labute approximate surface area is 211 Å². The van der Waals surface area contributed by atoms with Gasteiger partial charge < -0.3 is 4.57 Å². The summed E-state index contributed by atoms with van der Waals surface area (Å²) in [5, 5.41) is 9.84. The Morgan fingerprint density at radius 3 is 2.11 bits per heavy atom. The molecule has 0 radical (unpaired) electrons. The van der Waals surface area contributed by atoms with Crippen LogP contribution in [0.25, 0.3) is 11.1 Å². The molecule has 1 fully saturated rings. The minimum absolute atomic E-state index is 0.0986. The van der Waals surface area contributed by atoms with Gasteiger partial charge in [-0.3, -0.25) is 9.69 Å². The molecular weight excluding hydrogens is 452 g/mol. The molecule has 0 aliphatic carbocycles. The van der Waals surface area contributed by atoms with Gasteiger partial charge in [0.1, 0.15) is 5.82 Å². The lowest BCUT2D eigenvalue weighted by molar-refractivity contribution is 0.102. The summed E-state index contributed by atoms with van der Waals surface area (Å²) in [5.41, 5.74) is 4.19. The number of carbonyl (C=O) groups is 1. The van der Waals surface area contributed by atoms with E-state index >= 15 is 0 Å². The largest absolute Gasteiger partial charge is 0.300 e. The monoisotopic (exact) mass is 482 g/mol. The SMILES string of the molecule is O=C(CSc1nnc(CN2CCCCC2)n1Cc1ccccc1)c1ccc(-c2ccccc2)cc1. The van der Waals surface area contributed by atoms with Crippen LogP contribution in [0.15, 0.2) is 90.1 Å². The van der Waals surface area contributed by atoms with E-state index < -0.39 is 0 Å². The molecule has 178 valence electrons. The molecule has 0 atom stereocenters. The highest BCUT2D eigenvalue weighted by Gasteiger charge is 2.19. The van der Waals surface area contributed by atoms with Crippen LogP contribution in [0, 0.1) is 0 Å². The van der Waals surface area contributed by atoms with Gasteiger partial charge in [0.25, 0.3) is 0 Å². The second kappa shape index (κ2) is 11.5. The average molecular weight is 483 g/mol. The molecule has 0 N–H and O–H groups in total. The van der Waals surface area contributed by atoms with Gasteiger partial charge in [0.15, 0.2) is 10.9 Å². The molecule has 1 aromatic heterocycles. The molecule has 35 heavy (non-hydrogen) atoms. The van der Waals surface area contributed by atoms with Crippen molar-refractivity contribution in [3.8, 4) is 11.1 Å². The summed E-state index contributed by atoms with van der Waals surface area (Å²) in [7, 11) is 0. The van der Waals surface area contributed by atoms with Crippen molar-refractivity contribution in [2.45, 2.75) is 37.5 Å². The van der Waals surface area contributed by atoms with E-state index in [1.807, 2.05) is 48.5 Å². The van der Waals surface area contributed by atoms with Crippen LogP contribution in [0.4, 0.5) is 0 Å². The first-order chi connectivity index (χ1) is 17.3. The summed E-state index contributed by atoms with van der Waals surface area (Å²) < 4.78 is 2.18. The Bertz CT molecular complexity index is 1230. The first-order valence-corrected chi connectivity index (χ1v) is 13.2. The normalized spacial score (nSPS) is 14.2. The number of hydrogen-bond acceptors (Lipinski definition) is 5. The second-order valence-electron chi connectivity index (χ2n) is 8.96. The van der Waals surface area contributed by atoms with Crippen LogP contribution in [0.5, 0.6) is 0 Å². The van der Waals surface area contributed by atoms with E-state index in [4.69, 9.17) is 0 Å². The van der Waals surface area contributed by atoms with Crippen LogP contribution in [-0.2, 0) is 13.1 Å².